The standard InChI is InChI=1S/C5H3N7/c6-2-8-4-1-10-12-11-5(4)9-3-7/h1H,(H,8,12)(H,9,10,11). The summed E-state index contributed by atoms with van der Waals surface area (Å²) in [5.41, 5.74) is 0.314. The topological polar surface area (TPSA) is 110 Å². The minimum atomic E-state index is 0.175. The van der Waals surface area contributed by atoms with E-state index in [0.717, 1.165) is 0 Å². The highest BCUT2D eigenvalue weighted by molar-refractivity contribution is 5.65. The van der Waals surface area contributed by atoms with Crippen molar-refractivity contribution in [2.24, 2.45) is 0 Å². The van der Waals surface area contributed by atoms with Gasteiger partial charge < -0.3 is 0 Å². The van der Waals surface area contributed by atoms with Crippen LogP contribution in [0.4, 0.5) is 11.5 Å². The minimum Gasteiger partial charge on any atom is -0.288 e. The molecule has 0 unspecified atom stereocenters. The van der Waals surface area contributed by atoms with Crippen molar-refractivity contribution in [3.63, 3.8) is 0 Å². The van der Waals surface area contributed by atoms with Gasteiger partial charge in [0.05, 0.1) is 6.20 Å². The summed E-state index contributed by atoms with van der Waals surface area (Å²) in [6, 6.07) is 0. The van der Waals surface area contributed by atoms with Gasteiger partial charge in [-0.1, -0.05) is 0 Å². The number of anilines is 2. The molecule has 0 radical (unpaired) electrons. The van der Waals surface area contributed by atoms with Crippen LogP contribution in [0.2, 0.25) is 0 Å². The van der Waals surface area contributed by atoms with Crippen LogP contribution >= 0.6 is 0 Å². The second-order valence-corrected chi connectivity index (χ2v) is 1.67. The van der Waals surface area contributed by atoms with Crippen molar-refractivity contribution < 1.29 is 0 Å². The molecule has 0 aromatic carbocycles. The van der Waals surface area contributed by atoms with Gasteiger partial charge in [0.25, 0.3) is 0 Å². The summed E-state index contributed by atoms with van der Waals surface area (Å²) in [5.74, 6) is 0.175. The fraction of sp³-hybridized carbons (Fsp3) is 0. The molecule has 0 aliphatic heterocycles. The van der Waals surface area contributed by atoms with Crippen molar-refractivity contribution in [3.8, 4) is 12.4 Å². The number of nitriles is 2. The Bertz CT molecular complexity index is 311. The monoisotopic (exact) mass is 161 g/mol. The van der Waals surface area contributed by atoms with Crippen LogP contribution in [-0.2, 0) is 0 Å². The number of nitrogens with one attached hydrogen (secondary N) is 2. The lowest BCUT2D eigenvalue weighted by Crippen LogP contribution is -2.01. The van der Waals surface area contributed by atoms with Gasteiger partial charge in [0, 0.05) is 0 Å². The van der Waals surface area contributed by atoms with Gasteiger partial charge in [-0.25, -0.2) is 0 Å². The Morgan fingerprint density at radius 3 is 2.67 bits per heavy atom. The number of nitrogens with zero attached hydrogens (tertiary/aromatic N) is 5. The van der Waals surface area contributed by atoms with E-state index in [2.05, 4.69) is 26.0 Å². The molecule has 1 aromatic heterocycles. The molecule has 0 saturated carbocycles. The Hall–Kier alpha value is -2.41. The number of rotatable bonds is 2. The lowest BCUT2D eigenvalue weighted by Gasteiger charge is -1.99. The average Bonchev–Trinajstić information content (AvgIpc) is 2.09. The SMILES string of the molecule is N#CNc1cnnnc1NC#N. The Morgan fingerprint density at radius 2 is 2.00 bits per heavy atom. The smallest absolute Gasteiger partial charge is 0.189 e. The zero-order chi connectivity index (χ0) is 8.81. The van der Waals surface area contributed by atoms with E-state index in [1.807, 2.05) is 0 Å². The maximum Gasteiger partial charge on any atom is 0.189 e. The summed E-state index contributed by atoms with van der Waals surface area (Å²) in [7, 11) is 0. The lowest BCUT2D eigenvalue weighted by molar-refractivity contribution is 0.873. The number of aromatic nitrogens is 3. The van der Waals surface area contributed by atoms with E-state index in [-0.39, 0.29) is 5.82 Å². The van der Waals surface area contributed by atoms with Gasteiger partial charge >= 0.3 is 0 Å². The molecule has 1 rings (SSSR count). The minimum absolute atomic E-state index is 0.175. The van der Waals surface area contributed by atoms with Crippen molar-refractivity contribution in [3.05, 3.63) is 6.20 Å². The van der Waals surface area contributed by atoms with Crippen LogP contribution in [-0.4, -0.2) is 15.4 Å². The third-order valence-corrected chi connectivity index (χ3v) is 1.00. The lowest BCUT2D eigenvalue weighted by atomic mass is 10.5. The molecule has 1 heterocycles. The first kappa shape index (κ1) is 7.69. The van der Waals surface area contributed by atoms with Crippen molar-refractivity contribution in [1.82, 2.24) is 15.4 Å². The highest BCUT2D eigenvalue weighted by Crippen LogP contribution is 2.13. The first-order valence-corrected chi connectivity index (χ1v) is 2.87. The quantitative estimate of drug-likeness (QED) is 0.450. The maximum absolute atomic E-state index is 8.26. The van der Waals surface area contributed by atoms with E-state index < -0.39 is 0 Å². The van der Waals surface area contributed by atoms with E-state index in [1.165, 1.54) is 6.20 Å². The summed E-state index contributed by atoms with van der Waals surface area (Å²) in [6.07, 6.45) is 4.62. The first-order valence-electron chi connectivity index (χ1n) is 2.87. The van der Waals surface area contributed by atoms with Crippen LogP contribution in [0.25, 0.3) is 0 Å². The predicted octanol–water partition coefficient (Wildman–Crippen LogP) is -0.342. The highest BCUT2D eigenvalue weighted by Gasteiger charge is 2.01. The Kier molecular flexibility index (Phi) is 2.36. The van der Waals surface area contributed by atoms with Gasteiger partial charge in [0.1, 0.15) is 5.69 Å². The molecule has 0 aliphatic carbocycles. The van der Waals surface area contributed by atoms with E-state index in [1.54, 1.807) is 12.4 Å². The summed E-state index contributed by atoms with van der Waals surface area (Å²) >= 11 is 0. The molecule has 1 aromatic rings. The van der Waals surface area contributed by atoms with Crippen LogP contribution in [0.15, 0.2) is 6.20 Å². The van der Waals surface area contributed by atoms with Crippen LogP contribution in [0.1, 0.15) is 0 Å². The predicted molar refractivity (Wildman–Crippen MR) is 38.3 cm³/mol. The van der Waals surface area contributed by atoms with Crippen molar-refractivity contribution in [2.75, 3.05) is 10.6 Å². The highest BCUT2D eigenvalue weighted by atomic mass is 15.3. The second kappa shape index (κ2) is 3.68. The molecule has 0 fully saturated rings. The average molecular weight is 161 g/mol. The second-order valence-electron chi connectivity index (χ2n) is 1.67. The van der Waals surface area contributed by atoms with Crippen LogP contribution in [0.5, 0.6) is 0 Å². The fourth-order valence-corrected chi connectivity index (χ4v) is 0.566. The van der Waals surface area contributed by atoms with Gasteiger partial charge in [-0.2, -0.15) is 10.5 Å². The number of hydrogen-bond acceptors (Lipinski definition) is 7. The maximum atomic E-state index is 8.26. The summed E-state index contributed by atoms with van der Waals surface area (Å²) in [6.45, 7) is 0. The van der Waals surface area contributed by atoms with Crippen molar-refractivity contribution >= 4 is 11.5 Å². The van der Waals surface area contributed by atoms with Gasteiger partial charge in [0.15, 0.2) is 18.2 Å². The first-order chi connectivity index (χ1) is 5.88. The Balaban J connectivity index is 2.95. The molecule has 0 saturated heterocycles. The molecular weight excluding hydrogens is 158 g/mol. The summed E-state index contributed by atoms with van der Waals surface area (Å²) < 4.78 is 0. The molecule has 12 heavy (non-hydrogen) atoms. The third-order valence-electron chi connectivity index (χ3n) is 1.00. The summed E-state index contributed by atoms with van der Waals surface area (Å²) in [5, 5.41) is 31.2. The molecule has 0 aliphatic rings. The fourth-order valence-electron chi connectivity index (χ4n) is 0.566. The molecule has 2 N–H and O–H groups in total. The van der Waals surface area contributed by atoms with Crippen LogP contribution < -0.4 is 10.6 Å². The zero-order valence-corrected chi connectivity index (χ0v) is 5.81. The molecule has 0 spiro atoms. The van der Waals surface area contributed by atoms with Gasteiger partial charge in [-0.15, -0.1) is 10.2 Å². The molecular formula is C5H3N7. The van der Waals surface area contributed by atoms with E-state index in [4.69, 9.17) is 10.5 Å². The van der Waals surface area contributed by atoms with Gasteiger partial charge in [-0.05, 0) is 5.21 Å². The Labute approximate surface area is 67.6 Å². The molecule has 0 atom stereocenters. The molecule has 0 amide bonds. The third kappa shape index (κ3) is 1.55. The van der Waals surface area contributed by atoms with Crippen LogP contribution in [0, 0.1) is 22.9 Å². The molecule has 0 bridgehead atoms. The van der Waals surface area contributed by atoms with Crippen molar-refractivity contribution in [2.45, 2.75) is 0 Å². The molecule has 7 nitrogen and oxygen atoms in total. The van der Waals surface area contributed by atoms with Crippen molar-refractivity contribution in [1.29, 1.82) is 10.5 Å². The van der Waals surface area contributed by atoms with E-state index in [9.17, 15) is 0 Å². The van der Waals surface area contributed by atoms with Gasteiger partial charge in [0.2, 0.25) is 0 Å². The van der Waals surface area contributed by atoms with Crippen LogP contribution in [0.3, 0.4) is 0 Å². The molecule has 7 heteroatoms. The normalized spacial score (nSPS) is 7.83. The van der Waals surface area contributed by atoms with E-state index in [0.29, 0.717) is 5.69 Å². The van der Waals surface area contributed by atoms with E-state index >= 15 is 0 Å². The number of hydrogen-bond donors (Lipinski definition) is 2. The largest absolute Gasteiger partial charge is 0.288 e. The summed E-state index contributed by atoms with van der Waals surface area (Å²) in [4.78, 5) is 0. The van der Waals surface area contributed by atoms with Gasteiger partial charge in [-0.3, -0.25) is 10.6 Å². The molecule has 58 valence electrons. The zero-order valence-electron chi connectivity index (χ0n) is 5.81. The Morgan fingerprint density at radius 1 is 1.25 bits per heavy atom.